The van der Waals surface area contributed by atoms with E-state index in [1.54, 1.807) is 13.1 Å². The number of carbonyl (C=O) groups excluding carboxylic acids is 2. The van der Waals surface area contributed by atoms with E-state index in [9.17, 15) is 18.0 Å². The molecule has 0 aliphatic carbocycles. The Kier molecular flexibility index (Phi) is 6.26. The monoisotopic (exact) mass is 471 g/mol. The predicted octanol–water partition coefficient (Wildman–Crippen LogP) is 1.77. The summed E-state index contributed by atoms with van der Waals surface area (Å²) in [6.07, 6.45) is 8.47. The summed E-state index contributed by atoms with van der Waals surface area (Å²) in [5, 5.41) is 7.95. The van der Waals surface area contributed by atoms with Crippen LogP contribution in [0.1, 0.15) is 44.6 Å². The van der Waals surface area contributed by atoms with E-state index in [2.05, 4.69) is 15.2 Å². The number of nitrogens with zero attached hydrogens (tertiary/aromatic N) is 2. The zero-order valence-corrected chi connectivity index (χ0v) is 19.5. The number of fused-ring (bicyclic) bond motifs is 1. The number of piperidine rings is 1. The molecule has 1 aromatic rings. The average Bonchev–Trinajstić information content (AvgIpc) is 3.25. The van der Waals surface area contributed by atoms with Crippen molar-refractivity contribution < 1.29 is 18.0 Å². The molecule has 0 saturated carbocycles. The number of allylic oxidation sites excluding steroid dienone is 1. The largest absolute Gasteiger partial charge is 0.369 e. The van der Waals surface area contributed by atoms with Crippen LogP contribution in [0.15, 0.2) is 45.9 Å². The third-order valence-electron chi connectivity index (χ3n) is 6.76. The van der Waals surface area contributed by atoms with Crippen molar-refractivity contribution in [1.29, 1.82) is 0 Å². The van der Waals surface area contributed by atoms with Crippen LogP contribution in [0.25, 0.3) is 5.57 Å². The lowest BCUT2D eigenvalue weighted by Gasteiger charge is -2.28. The lowest BCUT2D eigenvalue weighted by atomic mass is 9.76. The number of hydrogen-bond donors (Lipinski definition) is 3. The third kappa shape index (κ3) is 4.50. The molecular formula is C23H29N5O4S. The zero-order chi connectivity index (χ0) is 23.8. The summed E-state index contributed by atoms with van der Waals surface area (Å²) < 4.78 is 23.5. The van der Waals surface area contributed by atoms with Crippen molar-refractivity contribution >= 4 is 38.8 Å². The summed E-state index contributed by atoms with van der Waals surface area (Å²) in [7, 11) is -3.94. The van der Waals surface area contributed by atoms with Crippen molar-refractivity contribution in [2.45, 2.75) is 43.9 Å². The second-order valence-corrected chi connectivity index (χ2v) is 10.5. The van der Waals surface area contributed by atoms with Gasteiger partial charge in [0.2, 0.25) is 15.9 Å². The third-order valence-corrected chi connectivity index (χ3v) is 7.67. The van der Waals surface area contributed by atoms with E-state index in [1.165, 1.54) is 43.5 Å². The molecule has 1 fully saturated rings. The molecule has 176 valence electrons. The molecule has 0 bridgehead atoms. The fourth-order valence-electron chi connectivity index (χ4n) is 4.65. The van der Waals surface area contributed by atoms with Crippen molar-refractivity contribution in [1.82, 2.24) is 4.90 Å². The van der Waals surface area contributed by atoms with Crippen molar-refractivity contribution in [2.24, 2.45) is 21.3 Å². The SMILES string of the molecule is CC1(C(N)=O)C(CCCN2CCCCC2)=CN=C1C=C1C(=O)Nc2ccc(S(N)(=O)=O)cc21. The second-order valence-electron chi connectivity index (χ2n) is 8.93. The predicted molar refractivity (Wildman–Crippen MR) is 127 cm³/mol. The van der Waals surface area contributed by atoms with Gasteiger partial charge in [-0.1, -0.05) is 6.42 Å². The standard InChI is InChI=1S/C23H29N5O4S/c1-23(22(24)30)15(6-5-11-28-9-3-2-4-10-28)14-26-20(23)13-18-17-12-16(33(25,31)32)7-8-19(17)27-21(18)29/h7-8,12-14H,2-6,9-11H2,1H3,(H2,24,30)(H,27,29)(H2,25,31,32). The minimum absolute atomic E-state index is 0.105. The van der Waals surface area contributed by atoms with Crippen LogP contribution < -0.4 is 16.2 Å². The van der Waals surface area contributed by atoms with Gasteiger partial charge in [-0.2, -0.15) is 0 Å². The minimum atomic E-state index is -3.94. The van der Waals surface area contributed by atoms with Crippen molar-refractivity contribution in [3.8, 4) is 0 Å². The second kappa shape index (κ2) is 8.85. The molecule has 3 aliphatic heterocycles. The van der Waals surface area contributed by atoms with Crippen LogP contribution in [-0.2, 0) is 19.6 Å². The molecule has 1 atom stereocenters. The number of anilines is 1. The maximum Gasteiger partial charge on any atom is 0.256 e. The van der Waals surface area contributed by atoms with E-state index >= 15 is 0 Å². The Hall–Kier alpha value is -2.82. The fraction of sp³-hybridized carbons (Fsp3) is 0.435. The molecule has 3 heterocycles. The van der Waals surface area contributed by atoms with Crippen molar-refractivity contribution in [3.05, 3.63) is 41.6 Å². The first-order valence-corrected chi connectivity index (χ1v) is 12.7. The molecule has 0 radical (unpaired) electrons. The first-order chi connectivity index (χ1) is 15.6. The highest BCUT2D eigenvalue weighted by Crippen LogP contribution is 2.40. The topological polar surface area (TPSA) is 148 Å². The number of hydrogen-bond acceptors (Lipinski definition) is 6. The Balaban J connectivity index is 1.57. The van der Waals surface area contributed by atoms with E-state index in [1.807, 2.05) is 0 Å². The highest BCUT2D eigenvalue weighted by Gasteiger charge is 2.43. The van der Waals surface area contributed by atoms with Crippen LogP contribution in [0.4, 0.5) is 5.69 Å². The van der Waals surface area contributed by atoms with E-state index in [-0.39, 0.29) is 10.5 Å². The lowest BCUT2D eigenvalue weighted by molar-refractivity contribution is -0.122. The van der Waals surface area contributed by atoms with E-state index < -0.39 is 27.3 Å². The molecule has 33 heavy (non-hydrogen) atoms. The van der Waals surface area contributed by atoms with Crippen LogP contribution in [-0.4, -0.2) is 50.5 Å². The Morgan fingerprint density at radius 3 is 2.67 bits per heavy atom. The molecule has 1 aromatic carbocycles. The molecule has 10 heteroatoms. The molecule has 4 rings (SSSR count). The van der Waals surface area contributed by atoms with E-state index in [4.69, 9.17) is 10.9 Å². The van der Waals surface area contributed by atoms with Gasteiger partial charge < -0.3 is 16.0 Å². The number of benzene rings is 1. The Morgan fingerprint density at radius 2 is 2.00 bits per heavy atom. The summed E-state index contributed by atoms with van der Waals surface area (Å²) in [5.74, 6) is -0.957. The van der Waals surface area contributed by atoms with Gasteiger partial charge in [0.1, 0.15) is 5.41 Å². The zero-order valence-electron chi connectivity index (χ0n) is 18.6. The van der Waals surface area contributed by atoms with Gasteiger partial charge in [-0.15, -0.1) is 0 Å². The first-order valence-electron chi connectivity index (χ1n) is 11.1. The lowest BCUT2D eigenvalue weighted by Crippen LogP contribution is -2.41. The molecule has 2 amide bonds. The molecule has 0 spiro atoms. The van der Waals surface area contributed by atoms with Crippen LogP contribution >= 0.6 is 0 Å². The smallest absolute Gasteiger partial charge is 0.256 e. The van der Waals surface area contributed by atoms with Crippen molar-refractivity contribution in [3.63, 3.8) is 0 Å². The molecule has 3 aliphatic rings. The van der Waals surface area contributed by atoms with Gasteiger partial charge in [-0.05, 0) is 82.1 Å². The van der Waals surface area contributed by atoms with Gasteiger partial charge in [0.15, 0.2) is 0 Å². The average molecular weight is 472 g/mol. The Labute approximate surface area is 193 Å². The number of sulfonamides is 1. The number of likely N-dealkylation sites (tertiary alicyclic amines) is 1. The van der Waals surface area contributed by atoms with Gasteiger partial charge in [0.25, 0.3) is 5.91 Å². The van der Waals surface area contributed by atoms with Crippen LogP contribution in [0.5, 0.6) is 0 Å². The molecular weight excluding hydrogens is 442 g/mol. The number of nitrogens with two attached hydrogens (primary N) is 2. The summed E-state index contributed by atoms with van der Waals surface area (Å²) in [5.41, 5.74) is 6.92. The molecule has 5 N–H and O–H groups in total. The van der Waals surface area contributed by atoms with E-state index in [0.717, 1.165) is 31.6 Å². The minimum Gasteiger partial charge on any atom is -0.369 e. The molecule has 1 saturated heterocycles. The molecule has 0 aromatic heterocycles. The Bertz CT molecular complexity index is 1200. The summed E-state index contributed by atoms with van der Waals surface area (Å²) in [6, 6.07) is 4.17. The van der Waals surface area contributed by atoms with Gasteiger partial charge in [-0.3, -0.25) is 14.6 Å². The first kappa shape index (κ1) is 23.3. The maximum atomic E-state index is 12.6. The summed E-state index contributed by atoms with van der Waals surface area (Å²) >= 11 is 0. The number of rotatable bonds is 7. The van der Waals surface area contributed by atoms with Crippen molar-refractivity contribution in [2.75, 3.05) is 25.0 Å². The number of primary sulfonamides is 1. The van der Waals surface area contributed by atoms with E-state index in [0.29, 0.717) is 23.4 Å². The number of nitrogens with one attached hydrogen (secondary N) is 1. The summed E-state index contributed by atoms with van der Waals surface area (Å²) in [6.45, 7) is 4.89. The molecule has 1 unspecified atom stereocenters. The van der Waals surface area contributed by atoms with Gasteiger partial charge >= 0.3 is 0 Å². The highest BCUT2D eigenvalue weighted by molar-refractivity contribution is 7.89. The van der Waals surface area contributed by atoms with Crippen LogP contribution in [0.2, 0.25) is 0 Å². The van der Waals surface area contributed by atoms with Gasteiger partial charge in [0, 0.05) is 17.5 Å². The fourth-order valence-corrected chi connectivity index (χ4v) is 5.19. The molecule has 9 nitrogen and oxygen atoms in total. The quantitative estimate of drug-likeness (QED) is 0.518. The van der Waals surface area contributed by atoms with Gasteiger partial charge in [-0.25, -0.2) is 13.6 Å². The number of amides is 2. The number of aliphatic imine (C=N–C) groups is 1. The van der Waals surface area contributed by atoms with Crippen LogP contribution in [0.3, 0.4) is 0 Å². The normalized spacial score (nSPS) is 24.4. The summed E-state index contributed by atoms with van der Waals surface area (Å²) in [4.78, 5) is 32.0. The highest BCUT2D eigenvalue weighted by atomic mass is 32.2. The maximum absolute atomic E-state index is 12.6. The number of primary amides is 1. The van der Waals surface area contributed by atoms with Crippen LogP contribution in [0, 0.1) is 5.41 Å². The number of carbonyl (C=O) groups is 2. The Morgan fingerprint density at radius 1 is 1.27 bits per heavy atom. The van der Waals surface area contributed by atoms with Gasteiger partial charge in [0.05, 0.1) is 16.2 Å².